The van der Waals surface area contributed by atoms with E-state index >= 15 is 0 Å². The molecule has 98 valence electrons. The molecule has 1 rings (SSSR count). The van der Waals surface area contributed by atoms with E-state index in [1.165, 1.54) is 5.56 Å². The second-order valence-electron chi connectivity index (χ2n) is 4.56. The van der Waals surface area contributed by atoms with Crippen molar-refractivity contribution in [2.45, 2.75) is 20.8 Å². The average molecular weight is 251 g/mol. The Labute approximate surface area is 116 Å². The Kier molecular flexibility index (Phi) is 5.25. The van der Waals surface area contributed by atoms with Gasteiger partial charge in [0.05, 0.1) is 5.70 Å². The quantitative estimate of drug-likeness (QED) is 0.515. The number of nitrogens with zero attached hydrogens (tertiary/aromatic N) is 1. The summed E-state index contributed by atoms with van der Waals surface area (Å²) in [6.07, 6.45) is 3.62. The smallest absolute Gasteiger partial charge is 0.0636 e. The summed E-state index contributed by atoms with van der Waals surface area (Å²) in [5.74, 6) is 0. The van der Waals surface area contributed by atoms with Crippen LogP contribution >= 0.6 is 0 Å². The Hall–Kier alpha value is -2.15. The zero-order valence-electron chi connectivity index (χ0n) is 12.0. The van der Waals surface area contributed by atoms with Crippen LogP contribution in [0.15, 0.2) is 78.0 Å². The van der Waals surface area contributed by atoms with E-state index in [4.69, 9.17) is 0 Å². The minimum atomic E-state index is 0.716. The summed E-state index contributed by atoms with van der Waals surface area (Å²) < 4.78 is 0. The van der Waals surface area contributed by atoms with Gasteiger partial charge in [-0.25, -0.2) is 0 Å². The molecule has 1 aromatic carbocycles. The van der Waals surface area contributed by atoms with Crippen LogP contribution in [-0.4, -0.2) is 5.71 Å². The molecule has 19 heavy (non-hydrogen) atoms. The first-order chi connectivity index (χ1) is 8.97. The molecule has 0 fully saturated rings. The Bertz CT molecular complexity index is 571. The molecule has 0 amide bonds. The maximum Gasteiger partial charge on any atom is 0.0636 e. The number of allylic oxidation sites excluding steroid dienone is 3. The molecule has 0 aliphatic rings. The number of rotatable bonds is 5. The third-order valence-corrected chi connectivity index (χ3v) is 2.89. The normalized spacial score (nSPS) is 12.2. The molecule has 0 saturated carbocycles. The van der Waals surface area contributed by atoms with Crippen molar-refractivity contribution in [3.05, 3.63) is 84.1 Å². The van der Waals surface area contributed by atoms with Crippen molar-refractivity contribution < 1.29 is 0 Å². The first-order valence-corrected chi connectivity index (χ1v) is 6.26. The van der Waals surface area contributed by atoms with E-state index in [1.54, 1.807) is 6.08 Å². The molecule has 0 heterocycles. The van der Waals surface area contributed by atoms with Crippen LogP contribution in [0.3, 0.4) is 0 Å². The molecule has 1 heteroatoms. The van der Waals surface area contributed by atoms with Crippen molar-refractivity contribution in [3.8, 4) is 0 Å². The predicted molar refractivity (Wildman–Crippen MR) is 85.6 cm³/mol. The first-order valence-electron chi connectivity index (χ1n) is 6.26. The number of benzene rings is 1. The van der Waals surface area contributed by atoms with Gasteiger partial charge in [0.25, 0.3) is 0 Å². The van der Waals surface area contributed by atoms with Gasteiger partial charge in [-0.3, -0.25) is 4.99 Å². The maximum absolute atomic E-state index is 4.59. The zero-order chi connectivity index (χ0) is 14.4. The summed E-state index contributed by atoms with van der Waals surface area (Å²) in [6.45, 7) is 17.7. The van der Waals surface area contributed by atoms with Gasteiger partial charge in [-0.2, -0.15) is 0 Å². The summed E-state index contributed by atoms with van der Waals surface area (Å²) >= 11 is 0. The number of aliphatic imine (C=N–C) groups is 1. The van der Waals surface area contributed by atoms with Gasteiger partial charge < -0.3 is 0 Å². The van der Waals surface area contributed by atoms with E-state index in [0.29, 0.717) is 5.70 Å². The van der Waals surface area contributed by atoms with E-state index in [-0.39, 0.29) is 0 Å². The molecule has 1 aromatic rings. The molecule has 1 nitrogen and oxygen atoms in total. The van der Waals surface area contributed by atoms with E-state index in [2.05, 4.69) is 43.8 Å². The fourth-order valence-electron chi connectivity index (χ4n) is 1.90. The van der Waals surface area contributed by atoms with Gasteiger partial charge in [0.2, 0.25) is 0 Å². The highest BCUT2D eigenvalue weighted by molar-refractivity contribution is 6.00. The number of hydrogen-bond donors (Lipinski definition) is 0. The van der Waals surface area contributed by atoms with E-state index in [9.17, 15) is 0 Å². The lowest BCUT2D eigenvalue weighted by molar-refractivity contribution is 1.28. The van der Waals surface area contributed by atoms with E-state index in [0.717, 1.165) is 22.4 Å². The summed E-state index contributed by atoms with van der Waals surface area (Å²) in [5, 5.41) is 0. The molecule has 0 bridgehead atoms. The van der Waals surface area contributed by atoms with Gasteiger partial charge in [0, 0.05) is 11.3 Å². The lowest BCUT2D eigenvalue weighted by Gasteiger charge is -2.09. The van der Waals surface area contributed by atoms with Crippen molar-refractivity contribution in [2.24, 2.45) is 4.99 Å². The van der Waals surface area contributed by atoms with Crippen molar-refractivity contribution in [2.75, 3.05) is 0 Å². The summed E-state index contributed by atoms with van der Waals surface area (Å²) in [7, 11) is 0. The van der Waals surface area contributed by atoms with Crippen LogP contribution in [0.25, 0.3) is 0 Å². The third kappa shape index (κ3) is 3.92. The predicted octanol–water partition coefficient (Wildman–Crippen LogP) is 5.01. The lowest BCUT2D eigenvalue weighted by Crippen LogP contribution is -1.99. The molecular formula is C18H21N. The number of hydrogen-bond acceptors (Lipinski definition) is 1. The minimum absolute atomic E-state index is 0.716. The molecule has 0 radical (unpaired) electrons. The van der Waals surface area contributed by atoms with Crippen LogP contribution in [0.2, 0.25) is 0 Å². The highest BCUT2D eigenvalue weighted by atomic mass is 14.8. The summed E-state index contributed by atoms with van der Waals surface area (Å²) in [5.41, 5.74) is 5.89. The van der Waals surface area contributed by atoms with Crippen molar-refractivity contribution in [3.63, 3.8) is 0 Å². The third-order valence-electron chi connectivity index (χ3n) is 2.89. The standard InChI is InChI=1S/C18H21N/c1-7-10-17(13(2)3)15(5)19-16(6)18-12-9-8-11-14(18)4/h7-12H,1-2,5H2,3-4,6H3/b17-10+,19-16?. The van der Waals surface area contributed by atoms with Crippen molar-refractivity contribution >= 4 is 5.71 Å². The first kappa shape index (κ1) is 14.9. The van der Waals surface area contributed by atoms with Crippen LogP contribution in [0.1, 0.15) is 25.0 Å². The van der Waals surface area contributed by atoms with Crippen molar-refractivity contribution in [1.82, 2.24) is 0 Å². The van der Waals surface area contributed by atoms with Crippen LogP contribution in [0.4, 0.5) is 0 Å². The summed E-state index contributed by atoms with van der Waals surface area (Å²) in [4.78, 5) is 4.59. The molecule has 0 aromatic heterocycles. The molecule has 0 N–H and O–H groups in total. The fraction of sp³-hybridized carbons (Fsp3) is 0.167. The Balaban J connectivity index is 3.12. The second kappa shape index (κ2) is 6.69. The molecule has 0 atom stereocenters. The minimum Gasteiger partial charge on any atom is -0.253 e. The molecule has 0 unspecified atom stereocenters. The van der Waals surface area contributed by atoms with Gasteiger partial charge in [0.1, 0.15) is 0 Å². The summed E-state index contributed by atoms with van der Waals surface area (Å²) in [6, 6.07) is 8.19. The SMILES string of the molecule is C=C/C=C(\C(=C)C)C(=C)N=C(C)c1ccccc1C. The highest BCUT2D eigenvalue weighted by Crippen LogP contribution is 2.19. The Morgan fingerprint density at radius 2 is 1.79 bits per heavy atom. The van der Waals surface area contributed by atoms with Crippen LogP contribution in [-0.2, 0) is 0 Å². The second-order valence-corrected chi connectivity index (χ2v) is 4.56. The Morgan fingerprint density at radius 1 is 1.16 bits per heavy atom. The van der Waals surface area contributed by atoms with Crippen LogP contribution in [0.5, 0.6) is 0 Å². The van der Waals surface area contributed by atoms with Crippen LogP contribution < -0.4 is 0 Å². The van der Waals surface area contributed by atoms with Gasteiger partial charge in [-0.15, -0.1) is 0 Å². The largest absolute Gasteiger partial charge is 0.253 e. The monoisotopic (exact) mass is 251 g/mol. The topological polar surface area (TPSA) is 12.4 Å². The number of aryl methyl sites for hydroxylation is 1. The van der Waals surface area contributed by atoms with Gasteiger partial charge in [-0.1, -0.05) is 56.2 Å². The molecular weight excluding hydrogens is 230 g/mol. The van der Waals surface area contributed by atoms with Gasteiger partial charge in [-0.05, 0) is 37.5 Å². The average Bonchev–Trinajstić information content (AvgIpc) is 2.35. The maximum atomic E-state index is 4.59. The molecule has 0 aliphatic heterocycles. The fourth-order valence-corrected chi connectivity index (χ4v) is 1.90. The van der Waals surface area contributed by atoms with Crippen molar-refractivity contribution in [1.29, 1.82) is 0 Å². The van der Waals surface area contributed by atoms with E-state index < -0.39 is 0 Å². The van der Waals surface area contributed by atoms with E-state index in [1.807, 2.05) is 32.1 Å². The molecule has 0 aliphatic carbocycles. The van der Waals surface area contributed by atoms with Crippen LogP contribution in [0, 0.1) is 6.92 Å². The highest BCUT2D eigenvalue weighted by Gasteiger charge is 2.05. The molecule has 0 saturated heterocycles. The van der Waals surface area contributed by atoms with Gasteiger partial charge in [0.15, 0.2) is 0 Å². The lowest BCUT2D eigenvalue weighted by atomic mass is 10.0. The Morgan fingerprint density at radius 3 is 2.32 bits per heavy atom. The zero-order valence-corrected chi connectivity index (χ0v) is 12.0. The molecule has 0 spiro atoms. The van der Waals surface area contributed by atoms with Gasteiger partial charge >= 0.3 is 0 Å².